The zero-order chi connectivity index (χ0) is 12.2. The lowest BCUT2D eigenvalue weighted by Crippen LogP contribution is -2.06. The molecule has 0 rings (SSSR count). The Morgan fingerprint density at radius 2 is 1.62 bits per heavy atom. The molecule has 1 atom stereocenters. The van der Waals surface area contributed by atoms with Crippen molar-refractivity contribution in [3.63, 3.8) is 0 Å². The van der Waals surface area contributed by atoms with Gasteiger partial charge >= 0.3 is 0 Å². The predicted molar refractivity (Wildman–Crippen MR) is 61.4 cm³/mol. The maximum atomic E-state index is 12.2. The van der Waals surface area contributed by atoms with Crippen molar-refractivity contribution >= 4 is 7.92 Å². The molecular weight excluding hydrogens is 224 g/mol. The van der Waals surface area contributed by atoms with Gasteiger partial charge in [0.2, 0.25) is 0 Å². The highest BCUT2D eigenvalue weighted by molar-refractivity contribution is 7.58. The number of rotatable bonds is 7. The lowest BCUT2D eigenvalue weighted by molar-refractivity contribution is 0.714. The van der Waals surface area contributed by atoms with Gasteiger partial charge in [-0.15, -0.1) is 0 Å². The molecule has 0 amide bonds. The molecule has 0 aliphatic heterocycles. The molecule has 0 aliphatic rings. The second-order valence-electron chi connectivity index (χ2n) is 3.10. The first-order valence-corrected chi connectivity index (χ1v) is 6.70. The summed E-state index contributed by atoms with van der Waals surface area (Å²) < 4.78 is 12.2. The fourth-order valence-electron chi connectivity index (χ4n) is 1.33. The zero-order valence-electron chi connectivity index (χ0n) is 8.93. The van der Waals surface area contributed by atoms with Gasteiger partial charge in [-0.3, -0.25) is 0 Å². The van der Waals surface area contributed by atoms with Gasteiger partial charge in [-0.25, -0.2) is 4.39 Å². The highest BCUT2D eigenvalue weighted by atomic mass is 31.1. The van der Waals surface area contributed by atoms with Crippen LogP contribution in [0.3, 0.4) is 0 Å². The number of hydrogen-bond acceptors (Lipinski definition) is 3. The van der Waals surface area contributed by atoms with E-state index in [2.05, 4.69) is 0 Å². The van der Waals surface area contributed by atoms with E-state index in [0.29, 0.717) is 31.5 Å². The smallest absolute Gasteiger partial charge is 0.0833 e. The van der Waals surface area contributed by atoms with Gasteiger partial charge in [0.05, 0.1) is 24.5 Å². The number of halogens is 1. The molecule has 0 saturated carbocycles. The van der Waals surface area contributed by atoms with Crippen LogP contribution < -0.4 is 0 Å². The molecule has 0 aliphatic carbocycles. The van der Waals surface area contributed by atoms with Gasteiger partial charge in [-0.1, -0.05) is 7.92 Å². The average molecular weight is 237 g/mol. The van der Waals surface area contributed by atoms with Crippen LogP contribution >= 0.6 is 7.92 Å². The second kappa shape index (κ2) is 10.1. The first kappa shape index (κ1) is 14.6. The third-order valence-electron chi connectivity index (χ3n) is 2.09. The minimum Gasteiger partial charge on any atom is -0.216 e. The number of allylic oxidation sites excluding steroid dienone is 1. The van der Waals surface area contributed by atoms with E-state index >= 15 is 0 Å². The molecule has 1 unspecified atom stereocenters. The van der Waals surface area contributed by atoms with E-state index in [1.165, 1.54) is 6.08 Å². The molecule has 0 N–H and O–H groups in total. The fourth-order valence-corrected chi connectivity index (χ4v) is 3.64. The summed E-state index contributed by atoms with van der Waals surface area (Å²) in [5.41, 5.74) is -0.133. The van der Waals surface area contributed by atoms with Crippen molar-refractivity contribution in [3.8, 4) is 18.2 Å². The molecular formula is C11H13FN3P. The number of hydrogen-bond donors (Lipinski definition) is 0. The molecule has 0 radical (unpaired) electrons. The highest BCUT2D eigenvalue weighted by Gasteiger charge is 2.17. The summed E-state index contributed by atoms with van der Waals surface area (Å²) in [6, 6.07) is 6.11. The lowest BCUT2D eigenvalue weighted by Gasteiger charge is -2.21. The Balaban J connectivity index is 4.48. The molecule has 0 saturated heterocycles. The van der Waals surface area contributed by atoms with Crippen LogP contribution in [0.5, 0.6) is 0 Å². The standard InChI is InChI=1S/C11H13FN3P/c12-5-3-11(4-8-15)16(9-1-6-13)10-2-7-14/h3,5,11H,1-2,4,9-10H2/b5-3+. The minimum absolute atomic E-state index is 0.133. The third-order valence-corrected chi connectivity index (χ3v) is 4.97. The molecule has 0 aromatic carbocycles. The maximum absolute atomic E-state index is 12.2. The fraction of sp³-hybridized carbons (Fsp3) is 0.545. The van der Waals surface area contributed by atoms with Gasteiger partial charge in [0.1, 0.15) is 0 Å². The van der Waals surface area contributed by atoms with Crippen LogP contribution in [0.25, 0.3) is 0 Å². The van der Waals surface area contributed by atoms with E-state index < -0.39 is 7.92 Å². The van der Waals surface area contributed by atoms with E-state index in [1.54, 1.807) is 0 Å². The van der Waals surface area contributed by atoms with E-state index in [1.807, 2.05) is 18.2 Å². The van der Waals surface area contributed by atoms with Crippen molar-refractivity contribution in [1.29, 1.82) is 15.8 Å². The molecule has 0 heterocycles. The quantitative estimate of drug-likeness (QED) is 0.639. The Hall–Kier alpha value is -1.43. The molecule has 16 heavy (non-hydrogen) atoms. The SMILES string of the molecule is N#CCCP(CCC#N)C(/C=C/F)CC#N. The van der Waals surface area contributed by atoms with Crippen LogP contribution in [0.4, 0.5) is 4.39 Å². The maximum Gasteiger partial charge on any atom is 0.0833 e. The van der Waals surface area contributed by atoms with Crippen molar-refractivity contribution in [3.05, 3.63) is 12.4 Å². The predicted octanol–water partition coefficient (Wildman–Crippen LogP) is 3.06. The van der Waals surface area contributed by atoms with Gasteiger partial charge in [0, 0.05) is 24.9 Å². The molecule has 0 aromatic heterocycles. The highest BCUT2D eigenvalue weighted by Crippen LogP contribution is 2.44. The minimum atomic E-state index is -0.642. The number of nitriles is 3. The molecule has 0 fully saturated rings. The summed E-state index contributed by atoms with van der Waals surface area (Å²) in [4.78, 5) is 0. The molecule has 0 bridgehead atoms. The normalized spacial score (nSPS) is 11.9. The molecule has 0 aromatic rings. The van der Waals surface area contributed by atoms with E-state index in [4.69, 9.17) is 15.8 Å². The van der Waals surface area contributed by atoms with Gasteiger partial charge in [0.15, 0.2) is 0 Å². The average Bonchev–Trinajstić information content (AvgIpc) is 2.29. The third kappa shape index (κ3) is 6.13. The number of nitrogens with zero attached hydrogens (tertiary/aromatic N) is 3. The van der Waals surface area contributed by atoms with Gasteiger partial charge in [-0.2, -0.15) is 15.8 Å². The Labute approximate surface area is 96.5 Å². The summed E-state index contributed by atoms with van der Waals surface area (Å²) in [6.45, 7) is 0. The van der Waals surface area contributed by atoms with Crippen LogP contribution in [-0.4, -0.2) is 18.0 Å². The summed E-state index contributed by atoms with van der Waals surface area (Å²) in [6.07, 6.45) is 4.23. The Morgan fingerprint density at radius 1 is 1.06 bits per heavy atom. The van der Waals surface area contributed by atoms with E-state index in [9.17, 15) is 4.39 Å². The van der Waals surface area contributed by atoms with Crippen LogP contribution in [0.2, 0.25) is 0 Å². The van der Waals surface area contributed by atoms with E-state index in [0.717, 1.165) is 0 Å². The van der Waals surface area contributed by atoms with Crippen LogP contribution in [-0.2, 0) is 0 Å². The summed E-state index contributed by atoms with van der Waals surface area (Å²) in [5, 5.41) is 25.7. The van der Waals surface area contributed by atoms with Gasteiger partial charge in [-0.05, 0) is 18.4 Å². The first-order valence-electron chi connectivity index (χ1n) is 4.92. The monoisotopic (exact) mass is 237 g/mol. The Bertz CT molecular complexity index is 317. The summed E-state index contributed by atoms with van der Waals surface area (Å²) in [5.74, 6) is 0. The van der Waals surface area contributed by atoms with Gasteiger partial charge in [0.25, 0.3) is 0 Å². The molecule has 0 spiro atoms. The first-order chi connectivity index (χ1) is 7.79. The molecule has 3 nitrogen and oxygen atoms in total. The second-order valence-corrected chi connectivity index (χ2v) is 5.84. The van der Waals surface area contributed by atoms with Crippen molar-refractivity contribution in [2.75, 3.05) is 12.3 Å². The van der Waals surface area contributed by atoms with Crippen LogP contribution in [0.15, 0.2) is 12.4 Å². The summed E-state index contributed by atoms with van der Waals surface area (Å²) in [7, 11) is -0.642. The zero-order valence-corrected chi connectivity index (χ0v) is 9.83. The Morgan fingerprint density at radius 3 is 2.00 bits per heavy atom. The topological polar surface area (TPSA) is 71.4 Å². The van der Waals surface area contributed by atoms with Crippen molar-refractivity contribution in [2.24, 2.45) is 0 Å². The van der Waals surface area contributed by atoms with Crippen molar-refractivity contribution < 1.29 is 4.39 Å². The van der Waals surface area contributed by atoms with Gasteiger partial charge < -0.3 is 0 Å². The van der Waals surface area contributed by atoms with E-state index in [-0.39, 0.29) is 12.1 Å². The van der Waals surface area contributed by atoms with Crippen molar-refractivity contribution in [2.45, 2.75) is 24.9 Å². The van der Waals surface area contributed by atoms with Crippen LogP contribution in [0, 0.1) is 34.0 Å². The summed E-state index contributed by atoms with van der Waals surface area (Å²) >= 11 is 0. The largest absolute Gasteiger partial charge is 0.216 e. The molecule has 84 valence electrons. The Kier molecular flexibility index (Phi) is 9.20. The molecule has 5 heteroatoms. The van der Waals surface area contributed by atoms with Crippen molar-refractivity contribution in [1.82, 2.24) is 0 Å². The lowest BCUT2D eigenvalue weighted by atomic mass is 10.3. The van der Waals surface area contributed by atoms with Crippen LogP contribution in [0.1, 0.15) is 19.3 Å².